The first-order valence-corrected chi connectivity index (χ1v) is 8.80. The molecule has 3 heteroatoms. The number of rotatable bonds is 4. The van der Waals surface area contributed by atoms with Crippen LogP contribution in [-0.4, -0.2) is 0 Å². The lowest BCUT2D eigenvalue weighted by molar-refractivity contribution is 0.875. The molecule has 2 aromatic carbocycles. The van der Waals surface area contributed by atoms with Crippen molar-refractivity contribution in [2.75, 3.05) is 0 Å². The molecule has 1 heterocycles. The summed E-state index contributed by atoms with van der Waals surface area (Å²) in [5, 5.41) is 2.14. The maximum absolute atomic E-state index is 6.34. The first-order chi connectivity index (χ1) is 10.2. The Labute approximate surface area is 143 Å². The molecule has 0 bridgehead atoms. The van der Waals surface area contributed by atoms with E-state index in [0.29, 0.717) is 0 Å². The molecule has 0 aliphatic heterocycles. The lowest BCUT2D eigenvalue weighted by Crippen LogP contribution is -2.10. The average molecular weight is 405 g/mol. The first kappa shape index (κ1) is 14.8. The van der Waals surface area contributed by atoms with Crippen molar-refractivity contribution in [3.05, 3.63) is 91.2 Å². The van der Waals surface area contributed by atoms with Crippen molar-refractivity contribution in [3.63, 3.8) is 0 Å². The molecule has 1 nitrogen and oxygen atoms in total. The van der Waals surface area contributed by atoms with Crippen LogP contribution in [0.5, 0.6) is 0 Å². The number of hydrogen-bond acceptors (Lipinski definition) is 2. The third kappa shape index (κ3) is 3.73. The predicted octanol–water partition coefficient (Wildman–Crippen LogP) is 4.99. The van der Waals surface area contributed by atoms with Gasteiger partial charge in [0.2, 0.25) is 0 Å². The molecular formula is C18H16INS. The van der Waals surface area contributed by atoms with Gasteiger partial charge in [0.15, 0.2) is 0 Å². The van der Waals surface area contributed by atoms with Crippen molar-refractivity contribution in [3.8, 4) is 0 Å². The van der Waals surface area contributed by atoms with Crippen LogP contribution in [0.3, 0.4) is 0 Å². The molecule has 0 saturated carbocycles. The van der Waals surface area contributed by atoms with Crippen LogP contribution in [0.1, 0.15) is 28.3 Å². The van der Waals surface area contributed by atoms with Crippen LogP contribution in [0, 0.1) is 2.88 Å². The second-order valence-electron chi connectivity index (χ2n) is 5.07. The molecule has 0 fully saturated rings. The van der Waals surface area contributed by atoms with Crippen LogP contribution < -0.4 is 5.73 Å². The van der Waals surface area contributed by atoms with E-state index in [-0.39, 0.29) is 6.04 Å². The van der Waals surface area contributed by atoms with Crippen LogP contribution in [0.4, 0.5) is 0 Å². The van der Waals surface area contributed by atoms with E-state index in [1.807, 2.05) is 6.07 Å². The Morgan fingerprint density at radius 2 is 1.57 bits per heavy atom. The van der Waals surface area contributed by atoms with Crippen molar-refractivity contribution in [2.45, 2.75) is 12.5 Å². The van der Waals surface area contributed by atoms with Crippen molar-refractivity contribution in [1.82, 2.24) is 0 Å². The summed E-state index contributed by atoms with van der Waals surface area (Å²) in [5.74, 6) is 0. The minimum absolute atomic E-state index is 0.0319. The normalized spacial score (nSPS) is 12.3. The molecule has 3 aromatic rings. The minimum atomic E-state index is -0.0319. The van der Waals surface area contributed by atoms with Gasteiger partial charge in [-0.05, 0) is 62.7 Å². The Morgan fingerprint density at radius 1 is 0.905 bits per heavy atom. The summed E-state index contributed by atoms with van der Waals surface area (Å²) in [6, 6.07) is 21.3. The van der Waals surface area contributed by atoms with Gasteiger partial charge in [-0.3, -0.25) is 0 Å². The number of benzene rings is 2. The van der Waals surface area contributed by atoms with E-state index in [2.05, 4.69) is 82.6 Å². The van der Waals surface area contributed by atoms with Crippen LogP contribution in [-0.2, 0) is 6.42 Å². The van der Waals surface area contributed by atoms with E-state index in [1.165, 1.54) is 25.1 Å². The van der Waals surface area contributed by atoms with Gasteiger partial charge in [0, 0.05) is 0 Å². The predicted molar refractivity (Wildman–Crippen MR) is 98.8 cm³/mol. The maximum Gasteiger partial charge on any atom is 0.0656 e. The van der Waals surface area contributed by atoms with Crippen LogP contribution in [0.2, 0.25) is 0 Å². The monoisotopic (exact) mass is 405 g/mol. The summed E-state index contributed by atoms with van der Waals surface area (Å²) in [6.07, 6.45) is 0.965. The lowest BCUT2D eigenvalue weighted by atomic mass is 9.98. The molecule has 1 aromatic heterocycles. The fourth-order valence-electron chi connectivity index (χ4n) is 2.35. The smallest absolute Gasteiger partial charge is 0.0656 e. The summed E-state index contributed by atoms with van der Waals surface area (Å²) in [4.78, 5) is 0. The molecule has 3 rings (SSSR count). The van der Waals surface area contributed by atoms with E-state index in [1.54, 1.807) is 11.3 Å². The third-order valence-corrected chi connectivity index (χ3v) is 5.34. The summed E-state index contributed by atoms with van der Waals surface area (Å²) in [5.41, 5.74) is 11.3. The zero-order chi connectivity index (χ0) is 14.7. The van der Waals surface area contributed by atoms with Gasteiger partial charge in [-0.25, -0.2) is 0 Å². The Balaban J connectivity index is 1.75. The Hall–Kier alpha value is -1.17. The summed E-state index contributed by atoms with van der Waals surface area (Å²) in [7, 11) is 0. The number of hydrogen-bond donors (Lipinski definition) is 1. The highest BCUT2D eigenvalue weighted by Gasteiger charge is 2.10. The molecule has 0 aliphatic rings. The second kappa shape index (κ2) is 6.73. The van der Waals surface area contributed by atoms with Gasteiger partial charge in [0.1, 0.15) is 0 Å². The molecule has 0 spiro atoms. The first-order valence-electron chi connectivity index (χ1n) is 6.84. The number of nitrogens with two attached hydrogens (primary N) is 1. The summed E-state index contributed by atoms with van der Waals surface area (Å²) >= 11 is 4.07. The fraction of sp³-hybridized carbons (Fsp3) is 0.111. The van der Waals surface area contributed by atoms with Crippen molar-refractivity contribution in [2.24, 2.45) is 5.73 Å². The topological polar surface area (TPSA) is 26.0 Å². The molecule has 1 unspecified atom stereocenters. The fourth-order valence-corrected chi connectivity index (χ4v) is 3.76. The quantitative estimate of drug-likeness (QED) is 0.608. The van der Waals surface area contributed by atoms with E-state index in [9.17, 15) is 0 Å². The minimum Gasteiger partial charge on any atom is -0.320 e. The Morgan fingerprint density at radius 3 is 2.19 bits per heavy atom. The second-order valence-corrected chi connectivity index (χ2v) is 7.87. The van der Waals surface area contributed by atoms with Crippen molar-refractivity contribution < 1.29 is 0 Å². The highest BCUT2D eigenvalue weighted by Crippen LogP contribution is 2.26. The van der Waals surface area contributed by atoms with E-state index in [4.69, 9.17) is 5.73 Å². The number of thiophene rings is 1. The van der Waals surface area contributed by atoms with Gasteiger partial charge in [-0.2, -0.15) is 0 Å². The van der Waals surface area contributed by atoms with Crippen LogP contribution in [0.25, 0.3) is 0 Å². The van der Waals surface area contributed by atoms with Gasteiger partial charge in [-0.1, -0.05) is 54.6 Å². The molecule has 0 radical (unpaired) electrons. The van der Waals surface area contributed by atoms with Gasteiger partial charge >= 0.3 is 0 Å². The molecule has 0 saturated heterocycles. The highest BCUT2D eigenvalue weighted by molar-refractivity contribution is 14.1. The highest BCUT2D eigenvalue weighted by atomic mass is 127. The Kier molecular flexibility index (Phi) is 4.73. The third-order valence-electron chi connectivity index (χ3n) is 3.54. The van der Waals surface area contributed by atoms with Crippen LogP contribution >= 0.6 is 33.9 Å². The number of halogens is 1. The van der Waals surface area contributed by atoms with Gasteiger partial charge in [-0.15, -0.1) is 11.3 Å². The standard InChI is InChI=1S/C18H16INS/c19-17-11-16(12-21-17)18(20)15-8-6-14(7-9-15)10-13-4-2-1-3-5-13/h1-9,11-12,18H,10,20H2. The van der Waals surface area contributed by atoms with E-state index < -0.39 is 0 Å². The molecule has 2 N–H and O–H groups in total. The Bertz CT molecular complexity index is 704. The molecule has 21 heavy (non-hydrogen) atoms. The largest absolute Gasteiger partial charge is 0.320 e. The van der Waals surface area contributed by atoms with E-state index in [0.717, 1.165) is 6.42 Å². The average Bonchev–Trinajstić information content (AvgIpc) is 2.95. The van der Waals surface area contributed by atoms with Gasteiger partial charge in [0.05, 0.1) is 8.93 Å². The zero-order valence-corrected chi connectivity index (χ0v) is 14.5. The van der Waals surface area contributed by atoms with Gasteiger partial charge < -0.3 is 5.73 Å². The van der Waals surface area contributed by atoms with Crippen molar-refractivity contribution in [1.29, 1.82) is 0 Å². The van der Waals surface area contributed by atoms with E-state index >= 15 is 0 Å². The molecular weight excluding hydrogens is 389 g/mol. The lowest BCUT2D eigenvalue weighted by Gasteiger charge is -2.11. The SMILES string of the molecule is NC(c1ccc(Cc2ccccc2)cc1)c1csc(I)c1. The van der Waals surface area contributed by atoms with Crippen LogP contribution in [0.15, 0.2) is 66.0 Å². The molecule has 0 aliphatic carbocycles. The molecule has 106 valence electrons. The maximum atomic E-state index is 6.34. The molecule has 0 amide bonds. The zero-order valence-electron chi connectivity index (χ0n) is 11.5. The van der Waals surface area contributed by atoms with Gasteiger partial charge in [0.25, 0.3) is 0 Å². The summed E-state index contributed by atoms with van der Waals surface area (Å²) < 4.78 is 1.28. The van der Waals surface area contributed by atoms with Crippen molar-refractivity contribution >= 4 is 33.9 Å². The molecule has 1 atom stereocenters. The summed E-state index contributed by atoms with van der Waals surface area (Å²) in [6.45, 7) is 0.